The Morgan fingerprint density at radius 3 is 2.34 bits per heavy atom. The molecule has 0 radical (unpaired) electrons. The van der Waals surface area contributed by atoms with Gasteiger partial charge in [0.2, 0.25) is 0 Å². The van der Waals surface area contributed by atoms with Crippen LogP contribution in [0, 0.1) is 5.92 Å². The number of hydrogen-bond donors (Lipinski definition) is 0. The zero-order chi connectivity index (χ0) is 21.9. The number of esters is 1. The van der Waals surface area contributed by atoms with E-state index in [9.17, 15) is 30.9 Å². The van der Waals surface area contributed by atoms with Crippen LogP contribution in [0.2, 0.25) is 0 Å². The molecule has 0 aromatic heterocycles. The van der Waals surface area contributed by atoms with Gasteiger partial charge in [-0.2, -0.15) is 13.2 Å². The molecule has 1 aromatic carbocycles. The third-order valence-corrected chi connectivity index (χ3v) is 5.72. The summed E-state index contributed by atoms with van der Waals surface area (Å²) in [5.74, 6) is -2.37. The molecular formula is C19H24F3O6S-. The molecule has 10 heteroatoms. The number of halogens is 3. The maximum absolute atomic E-state index is 13.4. The lowest BCUT2D eigenvalue weighted by molar-refractivity contribution is -0.140. The van der Waals surface area contributed by atoms with Crippen molar-refractivity contribution < 1.29 is 40.4 Å². The number of rotatable bonds is 7. The van der Waals surface area contributed by atoms with E-state index in [1.54, 1.807) is 13.8 Å². The molecule has 0 unspecified atom stereocenters. The fraction of sp³-hybridized carbons (Fsp3) is 0.632. The standard InChI is InChI=1S/C19H25F3O6S/c1-18(2,14-6-4-3-5-7-14)28-16-12-13(8-9-15(16)19(20,21)22)17(23)27-10-11-29(24,25)26/h8-9,12,14H,3-7,10-11H2,1-2H3,(H,24,25,26)/p-1. The van der Waals surface area contributed by atoms with Crippen LogP contribution in [0.1, 0.15) is 61.9 Å². The Hall–Kier alpha value is -1.81. The number of ether oxygens (including phenoxy) is 2. The molecule has 164 valence electrons. The van der Waals surface area contributed by atoms with Crippen LogP contribution in [0.4, 0.5) is 13.2 Å². The SMILES string of the molecule is CC(C)(Oc1cc(C(=O)OCCS(=O)(=O)[O-])ccc1C(F)(F)F)C1CCCCC1. The molecule has 0 atom stereocenters. The highest BCUT2D eigenvalue weighted by atomic mass is 32.2. The Kier molecular flexibility index (Phi) is 7.21. The smallest absolute Gasteiger partial charge is 0.419 e. The highest BCUT2D eigenvalue weighted by Gasteiger charge is 2.39. The number of benzene rings is 1. The van der Waals surface area contributed by atoms with Crippen molar-refractivity contribution in [2.75, 3.05) is 12.4 Å². The first-order chi connectivity index (χ1) is 13.3. The van der Waals surface area contributed by atoms with Gasteiger partial charge < -0.3 is 14.0 Å². The Labute approximate surface area is 168 Å². The summed E-state index contributed by atoms with van der Waals surface area (Å²) in [7, 11) is -4.57. The lowest BCUT2D eigenvalue weighted by Crippen LogP contribution is -2.39. The average Bonchev–Trinajstić information content (AvgIpc) is 2.60. The van der Waals surface area contributed by atoms with Gasteiger partial charge >= 0.3 is 12.1 Å². The van der Waals surface area contributed by atoms with Gasteiger partial charge in [-0.25, -0.2) is 13.2 Å². The van der Waals surface area contributed by atoms with Gasteiger partial charge in [0.1, 0.15) is 18.0 Å². The van der Waals surface area contributed by atoms with Gasteiger partial charge in [0.25, 0.3) is 0 Å². The van der Waals surface area contributed by atoms with Crippen molar-refractivity contribution in [2.45, 2.75) is 57.7 Å². The summed E-state index contributed by atoms with van der Waals surface area (Å²) in [6.45, 7) is 2.77. The average molecular weight is 437 g/mol. The molecule has 0 heterocycles. The zero-order valence-corrected chi connectivity index (χ0v) is 17.1. The quantitative estimate of drug-likeness (QED) is 0.470. The van der Waals surface area contributed by atoms with Crippen LogP contribution >= 0.6 is 0 Å². The molecule has 0 amide bonds. The molecule has 1 saturated carbocycles. The van der Waals surface area contributed by atoms with E-state index < -0.39 is 51.5 Å². The molecule has 1 fully saturated rings. The molecule has 2 rings (SSSR count). The van der Waals surface area contributed by atoms with Crippen LogP contribution in [0.5, 0.6) is 5.75 Å². The van der Waals surface area contributed by atoms with Crippen molar-refractivity contribution in [2.24, 2.45) is 5.92 Å². The van der Waals surface area contributed by atoms with Crippen LogP contribution in [-0.4, -0.2) is 36.9 Å². The first-order valence-corrected chi connectivity index (χ1v) is 10.9. The van der Waals surface area contributed by atoms with Crippen molar-refractivity contribution in [3.05, 3.63) is 29.3 Å². The maximum Gasteiger partial charge on any atom is 0.419 e. The Morgan fingerprint density at radius 1 is 1.17 bits per heavy atom. The summed E-state index contributed by atoms with van der Waals surface area (Å²) >= 11 is 0. The van der Waals surface area contributed by atoms with Gasteiger partial charge in [0.05, 0.1) is 27.0 Å². The fourth-order valence-electron chi connectivity index (χ4n) is 3.45. The van der Waals surface area contributed by atoms with E-state index in [0.717, 1.165) is 50.3 Å². The number of alkyl halides is 3. The summed E-state index contributed by atoms with van der Waals surface area (Å²) in [6.07, 6.45) is 0.0640. The van der Waals surface area contributed by atoms with Crippen molar-refractivity contribution in [3.8, 4) is 5.75 Å². The molecule has 1 aromatic rings. The van der Waals surface area contributed by atoms with E-state index in [0.29, 0.717) is 0 Å². The Balaban J connectivity index is 2.25. The van der Waals surface area contributed by atoms with Gasteiger partial charge in [-0.3, -0.25) is 0 Å². The first-order valence-electron chi connectivity index (χ1n) is 9.30. The molecule has 0 spiro atoms. The number of carbonyl (C=O) groups excluding carboxylic acids is 1. The summed E-state index contributed by atoms with van der Waals surface area (Å²) in [4.78, 5) is 12.1. The van der Waals surface area contributed by atoms with E-state index in [1.165, 1.54) is 0 Å². The number of carbonyl (C=O) groups is 1. The van der Waals surface area contributed by atoms with Crippen molar-refractivity contribution in [3.63, 3.8) is 0 Å². The molecule has 1 aliphatic carbocycles. The summed E-state index contributed by atoms with van der Waals surface area (Å²) < 4.78 is 82.5. The maximum atomic E-state index is 13.4. The van der Waals surface area contributed by atoms with E-state index in [4.69, 9.17) is 4.74 Å². The molecule has 1 aliphatic rings. The lowest BCUT2D eigenvalue weighted by atomic mass is 9.78. The zero-order valence-electron chi connectivity index (χ0n) is 16.3. The van der Waals surface area contributed by atoms with Crippen LogP contribution in [-0.2, 0) is 21.0 Å². The van der Waals surface area contributed by atoms with Crippen LogP contribution in [0.3, 0.4) is 0 Å². The largest absolute Gasteiger partial charge is 0.748 e. The normalized spacial score (nSPS) is 16.5. The van der Waals surface area contributed by atoms with E-state index in [2.05, 4.69) is 4.74 Å². The van der Waals surface area contributed by atoms with Gasteiger partial charge in [0.15, 0.2) is 0 Å². The van der Waals surface area contributed by atoms with Crippen molar-refractivity contribution in [1.82, 2.24) is 0 Å². The minimum absolute atomic E-state index is 0.0789. The van der Waals surface area contributed by atoms with Crippen molar-refractivity contribution in [1.29, 1.82) is 0 Å². The highest BCUT2D eigenvalue weighted by molar-refractivity contribution is 7.85. The van der Waals surface area contributed by atoms with Crippen LogP contribution in [0.25, 0.3) is 0 Å². The number of hydrogen-bond acceptors (Lipinski definition) is 6. The molecule has 0 saturated heterocycles. The predicted molar refractivity (Wildman–Crippen MR) is 97.6 cm³/mol. The van der Waals surface area contributed by atoms with E-state index in [-0.39, 0.29) is 11.5 Å². The fourth-order valence-corrected chi connectivity index (χ4v) is 3.74. The second kappa shape index (κ2) is 8.91. The van der Waals surface area contributed by atoms with Gasteiger partial charge in [-0.05, 0) is 50.8 Å². The van der Waals surface area contributed by atoms with E-state index in [1.807, 2.05) is 0 Å². The monoisotopic (exact) mass is 437 g/mol. The minimum atomic E-state index is -4.68. The molecule has 6 nitrogen and oxygen atoms in total. The molecule has 0 bridgehead atoms. The lowest BCUT2D eigenvalue weighted by Gasteiger charge is -2.38. The molecule has 0 aliphatic heterocycles. The predicted octanol–water partition coefficient (Wildman–Crippen LogP) is 4.15. The van der Waals surface area contributed by atoms with Gasteiger partial charge in [-0.15, -0.1) is 0 Å². The summed E-state index contributed by atoms with van der Waals surface area (Å²) in [5, 5.41) is 0. The second-order valence-electron chi connectivity index (χ2n) is 7.65. The molecule has 0 N–H and O–H groups in total. The third kappa shape index (κ3) is 6.88. The summed E-state index contributed by atoms with van der Waals surface area (Å²) in [6, 6.07) is 2.60. The molecule has 29 heavy (non-hydrogen) atoms. The van der Waals surface area contributed by atoms with Gasteiger partial charge in [-0.1, -0.05) is 19.3 Å². The van der Waals surface area contributed by atoms with Crippen molar-refractivity contribution >= 4 is 16.1 Å². The second-order valence-corrected chi connectivity index (χ2v) is 9.17. The first kappa shape index (κ1) is 23.5. The van der Waals surface area contributed by atoms with Crippen LogP contribution in [0.15, 0.2) is 18.2 Å². The third-order valence-electron chi connectivity index (χ3n) is 5.05. The molecular weight excluding hydrogens is 413 g/mol. The Bertz CT molecular complexity index is 827. The highest BCUT2D eigenvalue weighted by Crippen LogP contribution is 2.41. The Morgan fingerprint density at radius 2 is 1.79 bits per heavy atom. The van der Waals surface area contributed by atoms with Crippen LogP contribution < -0.4 is 4.74 Å². The minimum Gasteiger partial charge on any atom is -0.748 e. The topological polar surface area (TPSA) is 92.7 Å². The van der Waals surface area contributed by atoms with E-state index >= 15 is 0 Å². The summed E-state index contributed by atoms with van der Waals surface area (Å²) in [5.41, 5.74) is -2.12. The van der Waals surface area contributed by atoms with Gasteiger partial charge in [0, 0.05) is 0 Å².